The Labute approximate surface area is 112 Å². The van der Waals surface area contributed by atoms with E-state index in [1.807, 2.05) is 38.1 Å². The van der Waals surface area contributed by atoms with Gasteiger partial charge in [0.05, 0.1) is 12.6 Å². The van der Waals surface area contributed by atoms with Gasteiger partial charge in [0, 0.05) is 5.69 Å². The standard InChI is InChI=1S/C16H18FNO/c1-11-4-3-5-14(8-11)18-16(10-19)15-9-13(17)7-6-12(15)2/h3-9,16,18-19H,10H2,1-2H3. The first kappa shape index (κ1) is 13.6. The van der Waals surface area contributed by atoms with Crippen molar-refractivity contribution >= 4 is 5.69 Å². The van der Waals surface area contributed by atoms with Crippen LogP contribution in [0.2, 0.25) is 0 Å². The fourth-order valence-corrected chi connectivity index (χ4v) is 2.14. The minimum absolute atomic E-state index is 0.0851. The van der Waals surface area contributed by atoms with Gasteiger partial charge in [-0.3, -0.25) is 0 Å². The maximum atomic E-state index is 13.3. The van der Waals surface area contributed by atoms with Crippen LogP contribution in [0, 0.1) is 19.7 Å². The van der Waals surface area contributed by atoms with Gasteiger partial charge < -0.3 is 10.4 Å². The first-order valence-corrected chi connectivity index (χ1v) is 6.30. The zero-order valence-electron chi connectivity index (χ0n) is 11.2. The second-order valence-corrected chi connectivity index (χ2v) is 4.75. The van der Waals surface area contributed by atoms with Crippen molar-refractivity contribution in [2.45, 2.75) is 19.9 Å². The van der Waals surface area contributed by atoms with Crippen molar-refractivity contribution in [1.29, 1.82) is 0 Å². The molecule has 2 rings (SSSR count). The topological polar surface area (TPSA) is 32.3 Å². The third kappa shape index (κ3) is 3.32. The molecule has 0 saturated heterocycles. The lowest BCUT2D eigenvalue weighted by atomic mass is 10.0. The summed E-state index contributed by atoms with van der Waals surface area (Å²) in [7, 11) is 0. The number of halogens is 1. The largest absolute Gasteiger partial charge is 0.394 e. The smallest absolute Gasteiger partial charge is 0.123 e. The predicted octanol–water partition coefficient (Wildman–Crippen LogP) is 3.59. The number of rotatable bonds is 4. The average molecular weight is 259 g/mol. The summed E-state index contributed by atoms with van der Waals surface area (Å²) in [5, 5.41) is 12.8. The quantitative estimate of drug-likeness (QED) is 0.879. The molecule has 2 N–H and O–H groups in total. The molecule has 2 aromatic carbocycles. The molecule has 0 heterocycles. The zero-order chi connectivity index (χ0) is 13.8. The van der Waals surface area contributed by atoms with Gasteiger partial charge >= 0.3 is 0 Å². The highest BCUT2D eigenvalue weighted by Gasteiger charge is 2.13. The summed E-state index contributed by atoms with van der Waals surface area (Å²) in [6.45, 7) is 3.83. The number of hydrogen-bond acceptors (Lipinski definition) is 2. The van der Waals surface area contributed by atoms with Crippen molar-refractivity contribution in [1.82, 2.24) is 0 Å². The molecule has 0 aliphatic rings. The van der Waals surface area contributed by atoms with E-state index in [1.54, 1.807) is 6.07 Å². The molecule has 2 aromatic rings. The van der Waals surface area contributed by atoms with Crippen LogP contribution in [-0.4, -0.2) is 11.7 Å². The molecular formula is C16H18FNO. The molecule has 100 valence electrons. The van der Waals surface area contributed by atoms with Gasteiger partial charge in [-0.15, -0.1) is 0 Å². The summed E-state index contributed by atoms with van der Waals surface area (Å²) in [5.41, 5.74) is 3.80. The summed E-state index contributed by atoms with van der Waals surface area (Å²) in [5.74, 6) is -0.287. The van der Waals surface area contributed by atoms with Crippen molar-refractivity contribution in [2.24, 2.45) is 0 Å². The molecular weight excluding hydrogens is 241 g/mol. The van der Waals surface area contributed by atoms with Gasteiger partial charge in [0.2, 0.25) is 0 Å². The van der Waals surface area contributed by atoms with Gasteiger partial charge in [0.1, 0.15) is 5.82 Å². The Morgan fingerprint density at radius 3 is 2.63 bits per heavy atom. The normalized spacial score (nSPS) is 12.2. The highest BCUT2D eigenvalue weighted by molar-refractivity contribution is 5.48. The molecule has 0 amide bonds. The van der Waals surface area contributed by atoms with Gasteiger partial charge in [0.25, 0.3) is 0 Å². The first-order valence-electron chi connectivity index (χ1n) is 6.30. The van der Waals surface area contributed by atoms with E-state index in [-0.39, 0.29) is 18.5 Å². The Morgan fingerprint density at radius 1 is 1.16 bits per heavy atom. The van der Waals surface area contributed by atoms with Crippen LogP contribution in [0.3, 0.4) is 0 Å². The van der Waals surface area contributed by atoms with Gasteiger partial charge in [0.15, 0.2) is 0 Å². The lowest BCUT2D eigenvalue weighted by Gasteiger charge is -2.20. The Bertz CT molecular complexity index is 568. The molecule has 0 radical (unpaired) electrons. The van der Waals surface area contributed by atoms with Crippen LogP contribution in [0.1, 0.15) is 22.7 Å². The van der Waals surface area contributed by atoms with E-state index in [4.69, 9.17) is 0 Å². The van der Waals surface area contributed by atoms with Crippen LogP contribution >= 0.6 is 0 Å². The molecule has 0 aliphatic heterocycles. The molecule has 1 unspecified atom stereocenters. The maximum Gasteiger partial charge on any atom is 0.123 e. The Kier molecular flexibility index (Phi) is 4.17. The van der Waals surface area contributed by atoms with E-state index in [2.05, 4.69) is 5.32 Å². The summed E-state index contributed by atoms with van der Waals surface area (Å²) >= 11 is 0. The monoisotopic (exact) mass is 259 g/mol. The van der Waals surface area contributed by atoms with E-state index in [1.165, 1.54) is 12.1 Å². The average Bonchev–Trinajstić information content (AvgIpc) is 2.39. The highest BCUT2D eigenvalue weighted by atomic mass is 19.1. The number of hydrogen-bond donors (Lipinski definition) is 2. The number of nitrogens with one attached hydrogen (secondary N) is 1. The molecule has 0 fully saturated rings. The third-order valence-corrected chi connectivity index (χ3v) is 3.16. The summed E-state index contributed by atoms with van der Waals surface area (Å²) in [4.78, 5) is 0. The SMILES string of the molecule is Cc1cccc(NC(CO)c2cc(F)ccc2C)c1. The summed E-state index contributed by atoms with van der Waals surface area (Å²) in [6, 6.07) is 12.2. The van der Waals surface area contributed by atoms with Crippen LogP contribution in [0.5, 0.6) is 0 Å². The molecule has 19 heavy (non-hydrogen) atoms. The Hall–Kier alpha value is -1.87. The van der Waals surface area contributed by atoms with E-state index in [0.717, 1.165) is 22.4 Å². The van der Waals surface area contributed by atoms with Gasteiger partial charge in [-0.05, 0) is 54.8 Å². The molecule has 3 heteroatoms. The molecule has 2 nitrogen and oxygen atoms in total. The number of anilines is 1. The molecule has 0 aliphatic carbocycles. The lowest BCUT2D eigenvalue weighted by Crippen LogP contribution is -2.16. The summed E-state index contributed by atoms with van der Waals surface area (Å²) < 4.78 is 13.3. The van der Waals surface area contributed by atoms with Crippen LogP contribution in [-0.2, 0) is 0 Å². The predicted molar refractivity (Wildman–Crippen MR) is 75.8 cm³/mol. The van der Waals surface area contributed by atoms with Crippen molar-refractivity contribution in [3.8, 4) is 0 Å². The van der Waals surface area contributed by atoms with E-state index in [9.17, 15) is 9.50 Å². The Balaban J connectivity index is 2.27. The van der Waals surface area contributed by atoms with Crippen LogP contribution < -0.4 is 5.32 Å². The molecule has 1 atom stereocenters. The van der Waals surface area contributed by atoms with E-state index >= 15 is 0 Å². The molecule has 0 bridgehead atoms. The van der Waals surface area contributed by atoms with Gasteiger partial charge in [-0.25, -0.2) is 4.39 Å². The number of aliphatic hydroxyl groups is 1. The number of benzene rings is 2. The van der Waals surface area contributed by atoms with Crippen molar-refractivity contribution in [3.63, 3.8) is 0 Å². The molecule has 0 spiro atoms. The van der Waals surface area contributed by atoms with E-state index in [0.29, 0.717) is 0 Å². The van der Waals surface area contributed by atoms with Crippen molar-refractivity contribution < 1.29 is 9.50 Å². The summed E-state index contributed by atoms with van der Waals surface area (Å²) in [6.07, 6.45) is 0. The third-order valence-electron chi connectivity index (χ3n) is 3.16. The molecule has 0 aromatic heterocycles. The van der Waals surface area contributed by atoms with Crippen LogP contribution in [0.15, 0.2) is 42.5 Å². The van der Waals surface area contributed by atoms with Gasteiger partial charge in [-0.2, -0.15) is 0 Å². The van der Waals surface area contributed by atoms with Crippen LogP contribution in [0.25, 0.3) is 0 Å². The second-order valence-electron chi connectivity index (χ2n) is 4.75. The Morgan fingerprint density at radius 2 is 1.95 bits per heavy atom. The van der Waals surface area contributed by atoms with Crippen molar-refractivity contribution in [2.75, 3.05) is 11.9 Å². The zero-order valence-corrected chi connectivity index (χ0v) is 11.2. The minimum atomic E-state index is -0.308. The lowest BCUT2D eigenvalue weighted by molar-refractivity contribution is 0.276. The fraction of sp³-hybridized carbons (Fsp3) is 0.250. The second kappa shape index (κ2) is 5.85. The highest BCUT2D eigenvalue weighted by Crippen LogP contribution is 2.23. The number of aryl methyl sites for hydroxylation is 2. The first-order chi connectivity index (χ1) is 9.10. The van der Waals surface area contributed by atoms with Gasteiger partial charge in [-0.1, -0.05) is 18.2 Å². The maximum absolute atomic E-state index is 13.3. The van der Waals surface area contributed by atoms with E-state index < -0.39 is 0 Å². The molecule has 0 saturated carbocycles. The van der Waals surface area contributed by atoms with Crippen molar-refractivity contribution in [3.05, 3.63) is 65.0 Å². The minimum Gasteiger partial charge on any atom is -0.394 e. The van der Waals surface area contributed by atoms with Crippen LogP contribution in [0.4, 0.5) is 10.1 Å². The number of aliphatic hydroxyl groups excluding tert-OH is 1. The fourth-order valence-electron chi connectivity index (χ4n) is 2.14.